The largest absolute Gasteiger partial charge is 0.478 e. The van der Waals surface area contributed by atoms with E-state index in [4.69, 9.17) is 9.47 Å². The number of amides is 1. The van der Waals surface area contributed by atoms with E-state index in [1.54, 1.807) is 38.1 Å². The zero-order chi connectivity index (χ0) is 28.3. The van der Waals surface area contributed by atoms with E-state index in [1.165, 1.54) is 25.4 Å². The first kappa shape index (κ1) is 27.7. The third kappa shape index (κ3) is 6.23. The molecule has 202 valence electrons. The zero-order valence-electron chi connectivity index (χ0n) is 21.6. The Kier molecular flexibility index (Phi) is 7.96. The predicted octanol–water partition coefficient (Wildman–Crippen LogP) is 7.62. The average Bonchev–Trinajstić information content (AvgIpc) is 3.26. The Bertz CT molecular complexity index is 1480. The van der Waals surface area contributed by atoms with Crippen molar-refractivity contribution in [2.45, 2.75) is 39.4 Å². The maximum atomic E-state index is 14.7. The number of carbonyl (C=O) groups is 2. The molecule has 0 aliphatic rings. The molecule has 0 saturated carbocycles. The van der Waals surface area contributed by atoms with Crippen molar-refractivity contribution in [2.24, 2.45) is 0 Å². The van der Waals surface area contributed by atoms with Gasteiger partial charge in [-0.2, -0.15) is 4.37 Å². The molecule has 0 fully saturated rings. The van der Waals surface area contributed by atoms with Gasteiger partial charge in [-0.15, -0.1) is 0 Å². The number of ether oxygens (including phenoxy) is 2. The van der Waals surface area contributed by atoms with Crippen LogP contribution >= 0.6 is 11.5 Å². The molecule has 4 aromatic rings. The molecular weight excluding hydrogens is 526 g/mol. The van der Waals surface area contributed by atoms with Crippen molar-refractivity contribution in [1.29, 1.82) is 0 Å². The minimum atomic E-state index is -1.81. The molecule has 0 spiro atoms. The molecule has 7 nitrogen and oxygen atoms in total. The van der Waals surface area contributed by atoms with Gasteiger partial charge in [0.15, 0.2) is 23.0 Å². The number of anilines is 1. The van der Waals surface area contributed by atoms with Crippen molar-refractivity contribution < 1.29 is 33.0 Å². The van der Waals surface area contributed by atoms with Crippen LogP contribution in [0.1, 0.15) is 38.1 Å². The molecule has 2 N–H and O–H groups in total. The van der Waals surface area contributed by atoms with Gasteiger partial charge >= 0.3 is 12.1 Å². The minimum absolute atomic E-state index is 0.245. The highest BCUT2D eigenvalue weighted by Gasteiger charge is 2.32. The Hall–Kier alpha value is -4.31. The Morgan fingerprint density at radius 3 is 2.15 bits per heavy atom. The van der Waals surface area contributed by atoms with Crippen LogP contribution in [0.4, 0.5) is 19.3 Å². The number of nitrogens with zero attached hydrogens (tertiary/aromatic N) is 1. The van der Waals surface area contributed by atoms with Crippen LogP contribution in [-0.4, -0.2) is 27.1 Å². The molecule has 0 radical (unpaired) electrons. The van der Waals surface area contributed by atoms with E-state index in [1.807, 2.05) is 30.3 Å². The first-order valence-corrected chi connectivity index (χ1v) is 12.7. The van der Waals surface area contributed by atoms with E-state index in [9.17, 15) is 23.5 Å². The summed E-state index contributed by atoms with van der Waals surface area (Å²) in [6, 6.07) is 18.4. The summed E-state index contributed by atoms with van der Waals surface area (Å²) in [6.07, 6.45) is -1.07. The first-order chi connectivity index (χ1) is 18.5. The Balaban J connectivity index is 1.52. The monoisotopic (exact) mass is 552 g/mol. The molecule has 0 saturated heterocycles. The average molecular weight is 553 g/mol. The Morgan fingerprint density at radius 1 is 0.974 bits per heavy atom. The second-order valence-electron chi connectivity index (χ2n) is 9.32. The molecule has 0 aliphatic carbocycles. The number of benzene rings is 3. The van der Waals surface area contributed by atoms with Gasteiger partial charge in [0, 0.05) is 0 Å². The second kappa shape index (κ2) is 11.2. The number of nitrogens with one attached hydrogen (secondary N) is 1. The summed E-state index contributed by atoms with van der Waals surface area (Å²) < 4.78 is 44.4. The summed E-state index contributed by atoms with van der Waals surface area (Å²) >= 11 is 1.20. The number of carboxylic acids is 1. The lowest BCUT2D eigenvalue weighted by atomic mass is 10.0. The highest BCUT2D eigenvalue weighted by molar-refractivity contribution is 7.10. The fraction of sp³-hybridized carbons (Fsp3) is 0.207. The number of hydrogen-bond donors (Lipinski definition) is 2. The fourth-order valence-corrected chi connectivity index (χ4v) is 4.59. The number of carbonyl (C=O) groups excluding carboxylic acids is 1. The summed E-state index contributed by atoms with van der Waals surface area (Å²) in [5.41, 5.74) is 1.68. The minimum Gasteiger partial charge on any atom is -0.478 e. The zero-order valence-corrected chi connectivity index (χ0v) is 22.4. The second-order valence-corrected chi connectivity index (χ2v) is 10.1. The van der Waals surface area contributed by atoms with E-state index in [0.29, 0.717) is 21.8 Å². The van der Waals surface area contributed by atoms with Crippen molar-refractivity contribution in [3.8, 4) is 27.3 Å². The van der Waals surface area contributed by atoms with Gasteiger partial charge < -0.3 is 14.6 Å². The maximum absolute atomic E-state index is 14.7. The molecule has 1 amide bonds. The molecule has 3 aromatic carbocycles. The van der Waals surface area contributed by atoms with Crippen molar-refractivity contribution in [3.05, 3.63) is 89.6 Å². The molecule has 4 rings (SSSR count). The third-order valence-corrected chi connectivity index (χ3v) is 6.98. The lowest BCUT2D eigenvalue weighted by Gasteiger charge is -2.22. The smallest absolute Gasteiger partial charge is 0.412 e. The Labute approximate surface area is 228 Å². The van der Waals surface area contributed by atoms with Crippen molar-refractivity contribution in [3.63, 3.8) is 0 Å². The van der Waals surface area contributed by atoms with E-state index < -0.39 is 41.2 Å². The Morgan fingerprint density at radius 2 is 1.56 bits per heavy atom. The van der Waals surface area contributed by atoms with Crippen molar-refractivity contribution in [2.75, 3.05) is 5.32 Å². The molecule has 0 aliphatic heterocycles. The van der Waals surface area contributed by atoms with Crippen LogP contribution < -0.4 is 10.1 Å². The van der Waals surface area contributed by atoms with Crippen molar-refractivity contribution >= 4 is 29.3 Å². The molecule has 1 aromatic heterocycles. The lowest BCUT2D eigenvalue weighted by Crippen LogP contribution is -2.38. The maximum Gasteiger partial charge on any atom is 0.412 e. The summed E-state index contributed by atoms with van der Waals surface area (Å²) in [5, 5.41) is 12.0. The number of aryl methyl sites for hydroxylation is 1. The van der Waals surface area contributed by atoms with E-state index in [2.05, 4.69) is 9.69 Å². The molecule has 1 heterocycles. The molecule has 1 atom stereocenters. The summed E-state index contributed by atoms with van der Waals surface area (Å²) in [6.45, 7) is 5.96. The molecular formula is C29H26F2N2O5S. The van der Waals surface area contributed by atoms with Gasteiger partial charge in [-0.05, 0) is 73.6 Å². The van der Waals surface area contributed by atoms with Crippen LogP contribution in [-0.2, 0) is 9.53 Å². The molecule has 0 bridgehead atoms. The fourth-order valence-electron chi connectivity index (χ4n) is 3.74. The van der Waals surface area contributed by atoms with Crippen LogP contribution in [0.25, 0.3) is 21.6 Å². The standard InChI is InChI=1S/C29H26F2N2O5S/c1-16-24(32-28(36)37-17(2)18-8-6-5-7-9-18)26(39-33-16)20-12-10-19(11-13-20)21-14-22(30)25(23(31)15-21)38-29(3,4)27(34)35/h5-15,17H,1-4H3,(H,32,36)(H,34,35)/t17-/m1/s1. The van der Waals surface area contributed by atoms with Crippen molar-refractivity contribution in [1.82, 2.24) is 4.37 Å². The highest BCUT2D eigenvalue weighted by atomic mass is 32.1. The predicted molar refractivity (Wildman–Crippen MR) is 145 cm³/mol. The lowest BCUT2D eigenvalue weighted by molar-refractivity contribution is -0.152. The van der Waals surface area contributed by atoms with Gasteiger partial charge in [-0.1, -0.05) is 54.6 Å². The molecule has 0 unspecified atom stereocenters. The third-order valence-electron chi connectivity index (χ3n) is 5.99. The summed E-state index contributed by atoms with van der Waals surface area (Å²) in [5.74, 6) is -4.15. The number of rotatable bonds is 8. The number of aliphatic carboxylic acids is 1. The van der Waals surface area contributed by atoms with Gasteiger partial charge in [0.2, 0.25) is 0 Å². The topological polar surface area (TPSA) is 97.8 Å². The quantitative estimate of drug-likeness (QED) is 0.233. The normalized spacial score (nSPS) is 12.1. The van der Waals surface area contributed by atoms with Gasteiger partial charge in [-0.25, -0.2) is 18.4 Å². The molecule has 10 heteroatoms. The van der Waals surface area contributed by atoms with Crippen LogP contribution in [0, 0.1) is 18.6 Å². The summed E-state index contributed by atoms with van der Waals surface area (Å²) in [4.78, 5) is 24.6. The van der Waals surface area contributed by atoms with Crippen LogP contribution in [0.2, 0.25) is 0 Å². The van der Waals surface area contributed by atoms with Crippen LogP contribution in [0.15, 0.2) is 66.7 Å². The molecule has 39 heavy (non-hydrogen) atoms. The van der Waals surface area contributed by atoms with E-state index in [0.717, 1.165) is 23.3 Å². The number of carboxylic acid groups (broad SMARTS) is 1. The summed E-state index contributed by atoms with van der Waals surface area (Å²) in [7, 11) is 0. The van der Waals surface area contributed by atoms with Gasteiger partial charge in [0.25, 0.3) is 0 Å². The first-order valence-electron chi connectivity index (χ1n) is 12.0. The number of aromatic nitrogens is 1. The van der Waals surface area contributed by atoms with Gasteiger partial charge in [0.1, 0.15) is 6.10 Å². The van der Waals surface area contributed by atoms with Crippen LogP contribution in [0.5, 0.6) is 5.75 Å². The van der Waals surface area contributed by atoms with Gasteiger partial charge in [-0.3, -0.25) is 5.32 Å². The van der Waals surface area contributed by atoms with Crippen LogP contribution in [0.3, 0.4) is 0 Å². The van der Waals surface area contributed by atoms with Gasteiger partial charge in [0.05, 0.1) is 16.3 Å². The van der Waals surface area contributed by atoms with E-state index >= 15 is 0 Å². The highest BCUT2D eigenvalue weighted by Crippen LogP contribution is 2.37. The number of halogens is 2. The number of hydrogen-bond acceptors (Lipinski definition) is 6. The van der Waals surface area contributed by atoms with E-state index in [-0.39, 0.29) is 5.56 Å². The SMILES string of the molecule is Cc1nsc(-c2ccc(-c3cc(F)c(OC(C)(C)C(=O)O)c(F)c3)cc2)c1NC(=O)O[C@H](C)c1ccccc1.